The van der Waals surface area contributed by atoms with Gasteiger partial charge in [0.25, 0.3) is 5.56 Å². The number of hydrogen-bond donors (Lipinski definition) is 2. The molecule has 8 nitrogen and oxygen atoms in total. The highest BCUT2D eigenvalue weighted by molar-refractivity contribution is 6.32. The van der Waals surface area contributed by atoms with Gasteiger partial charge in [0, 0.05) is 26.2 Å². The first kappa shape index (κ1) is 17.2. The molecule has 132 valence electrons. The van der Waals surface area contributed by atoms with E-state index >= 15 is 0 Å². The minimum absolute atomic E-state index is 0.0987. The second kappa shape index (κ2) is 7.12. The topological polar surface area (TPSA) is 93.9 Å². The summed E-state index contributed by atoms with van der Waals surface area (Å²) in [5.41, 5.74) is -1.30. The van der Waals surface area contributed by atoms with Gasteiger partial charge in [-0.05, 0) is 19.2 Å². The number of hydrazone groups is 1. The van der Waals surface area contributed by atoms with Crippen molar-refractivity contribution < 1.29 is 5.11 Å². The van der Waals surface area contributed by atoms with Gasteiger partial charge >= 0.3 is 5.69 Å². The summed E-state index contributed by atoms with van der Waals surface area (Å²) >= 11 is 6.10. The van der Waals surface area contributed by atoms with Crippen LogP contribution in [-0.2, 0) is 0 Å². The van der Waals surface area contributed by atoms with Gasteiger partial charge in [-0.2, -0.15) is 5.10 Å². The first-order chi connectivity index (χ1) is 12.0. The molecule has 1 saturated heterocycles. The molecule has 2 heterocycles. The molecular formula is C16H18ClN5O3. The van der Waals surface area contributed by atoms with Gasteiger partial charge in [-0.1, -0.05) is 23.7 Å². The van der Waals surface area contributed by atoms with Crippen LogP contribution in [0.15, 0.2) is 39.0 Å². The van der Waals surface area contributed by atoms with Gasteiger partial charge in [0.05, 0.1) is 16.9 Å². The number of likely N-dealkylation sites (N-methyl/N-ethyl adjacent to an activating group) is 1. The van der Waals surface area contributed by atoms with E-state index in [0.717, 1.165) is 30.7 Å². The van der Waals surface area contributed by atoms with Crippen LogP contribution < -0.4 is 11.2 Å². The molecule has 0 spiro atoms. The molecule has 0 saturated carbocycles. The number of hydrogen-bond acceptors (Lipinski definition) is 6. The lowest BCUT2D eigenvalue weighted by Crippen LogP contribution is -2.42. The smallest absolute Gasteiger partial charge is 0.335 e. The van der Waals surface area contributed by atoms with E-state index in [9.17, 15) is 14.7 Å². The molecule has 25 heavy (non-hydrogen) atoms. The van der Waals surface area contributed by atoms with Crippen LogP contribution >= 0.6 is 11.6 Å². The fourth-order valence-corrected chi connectivity index (χ4v) is 2.78. The number of rotatable bonds is 3. The normalized spacial score (nSPS) is 15.8. The van der Waals surface area contributed by atoms with E-state index in [1.54, 1.807) is 24.3 Å². The highest BCUT2D eigenvalue weighted by atomic mass is 35.5. The fraction of sp³-hybridized carbons (Fsp3) is 0.312. The van der Waals surface area contributed by atoms with Gasteiger partial charge in [0.2, 0.25) is 5.88 Å². The maximum Gasteiger partial charge on any atom is 0.335 e. The van der Waals surface area contributed by atoms with Gasteiger partial charge in [0.1, 0.15) is 5.56 Å². The van der Waals surface area contributed by atoms with Crippen LogP contribution in [0.3, 0.4) is 0 Å². The summed E-state index contributed by atoms with van der Waals surface area (Å²) in [6.45, 7) is 3.16. The third kappa shape index (κ3) is 3.59. The number of H-pyrrole nitrogens is 1. The summed E-state index contributed by atoms with van der Waals surface area (Å²) in [5, 5.41) is 16.8. The Balaban J connectivity index is 2.01. The van der Waals surface area contributed by atoms with Crippen LogP contribution in [0.4, 0.5) is 0 Å². The van der Waals surface area contributed by atoms with E-state index in [1.807, 2.05) is 12.1 Å². The Hall–Kier alpha value is -2.58. The van der Waals surface area contributed by atoms with Crippen LogP contribution in [0.2, 0.25) is 5.02 Å². The molecule has 0 aliphatic carbocycles. The Kier molecular flexibility index (Phi) is 4.91. The van der Waals surface area contributed by atoms with E-state index in [0.29, 0.717) is 0 Å². The monoisotopic (exact) mass is 363 g/mol. The fourth-order valence-electron chi connectivity index (χ4n) is 2.56. The third-order valence-electron chi connectivity index (χ3n) is 4.04. The van der Waals surface area contributed by atoms with E-state index in [2.05, 4.69) is 15.0 Å². The molecule has 0 unspecified atom stereocenters. The molecule has 0 radical (unpaired) electrons. The van der Waals surface area contributed by atoms with Crippen LogP contribution in [0.5, 0.6) is 5.88 Å². The average Bonchev–Trinajstić information content (AvgIpc) is 2.57. The van der Waals surface area contributed by atoms with E-state index < -0.39 is 17.1 Å². The predicted molar refractivity (Wildman–Crippen MR) is 96.0 cm³/mol. The first-order valence-corrected chi connectivity index (χ1v) is 8.16. The molecule has 1 aliphatic heterocycles. The van der Waals surface area contributed by atoms with Crippen molar-refractivity contribution in [3.63, 3.8) is 0 Å². The van der Waals surface area contributed by atoms with Crippen molar-refractivity contribution in [1.29, 1.82) is 0 Å². The molecule has 9 heteroatoms. The molecule has 1 aromatic carbocycles. The number of piperazine rings is 1. The second-order valence-electron chi connectivity index (χ2n) is 5.78. The number of para-hydroxylation sites is 1. The number of aromatic nitrogens is 2. The van der Waals surface area contributed by atoms with Crippen molar-refractivity contribution in [2.24, 2.45) is 5.10 Å². The molecule has 0 amide bonds. The highest BCUT2D eigenvalue weighted by Gasteiger charge is 2.17. The second-order valence-corrected chi connectivity index (χ2v) is 6.19. The lowest BCUT2D eigenvalue weighted by atomic mass is 10.3. The third-order valence-corrected chi connectivity index (χ3v) is 4.36. The number of nitrogens with one attached hydrogen (secondary N) is 1. The standard InChI is InChI=1S/C16H18ClN5O3/c1-20-6-8-21(9-7-20)18-10-11-14(23)19-16(25)22(15(11)24)13-5-3-2-4-12(13)17/h2-5,10,24H,6-9H2,1H3,(H,19,23,25)/b18-10+. The van der Waals surface area contributed by atoms with Crippen molar-refractivity contribution in [3.8, 4) is 11.6 Å². The van der Waals surface area contributed by atoms with Crippen molar-refractivity contribution >= 4 is 17.8 Å². The SMILES string of the molecule is CN1CCN(/N=C/c2c(O)n(-c3ccccc3Cl)c(=O)[nH]c2=O)CC1. The van der Waals surface area contributed by atoms with Gasteiger partial charge in [0.15, 0.2) is 0 Å². The number of aromatic hydroxyl groups is 1. The number of halogens is 1. The highest BCUT2D eigenvalue weighted by Crippen LogP contribution is 2.22. The Morgan fingerprint density at radius 2 is 1.88 bits per heavy atom. The van der Waals surface area contributed by atoms with E-state index in [1.165, 1.54) is 6.21 Å². The first-order valence-electron chi connectivity index (χ1n) is 7.78. The van der Waals surface area contributed by atoms with Crippen LogP contribution in [0, 0.1) is 0 Å². The van der Waals surface area contributed by atoms with Crippen molar-refractivity contribution in [2.75, 3.05) is 33.2 Å². The summed E-state index contributed by atoms with van der Waals surface area (Å²) in [6, 6.07) is 6.54. The summed E-state index contributed by atoms with van der Waals surface area (Å²) in [6.07, 6.45) is 1.27. The summed E-state index contributed by atoms with van der Waals surface area (Å²) in [4.78, 5) is 28.6. The van der Waals surface area contributed by atoms with Crippen LogP contribution in [0.1, 0.15) is 5.56 Å². The summed E-state index contributed by atoms with van der Waals surface area (Å²) in [7, 11) is 2.02. The molecule has 0 atom stereocenters. The number of aromatic amines is 1. The van der Waals surface area contributed by atoms with E-state index in [4.69, 9.17) is 11.6 Å². The predicted octanol–water partition coefficient (Wildman–Crippen LogP) is 0.466. The lowest BCUT2D eigenvalue weighted by Gasteiger charge is -2.30. The van der Waals surface area contributed by atoms with Crippen molar-refractivity contribution in [3.05, 3.63) is 55.7 Å². The molecule has 2 N–H and O–H groups in total. The molecule has 1 aliphatic rings. The zero-order chi connectivity index (χ0) is 18.0. The Bertz CT molecular complexity index is 913. The van der Waals surface area contributed by atoms with Gasteiger partial charge in [-0.25, -0.2) is 9.36 Å². The minimum atomic E-state index is -0.771. The quantitative estimate of drug-likeness (QED) is 0.773. The van der Waals surface area contributed by atoms with Gasteiger partial charge in [-0.15, -0.1) is 0 Å². The zero-order valence-electron chi connectivity index (χ0n) is 13.6. The molecule has 1 fully saturated rings. The maximum atomic E-state index is 12.1. The largest absolute Gasteiger partial charge is 0.493 e. The van der Waals surface area contributed by atoms with Gasteiger partial charge in [-0.3, -0.25) is 14.8 Å². The van der Waals surface area contributed by atoms with E-state index in [-0.39, 0.29) is 16.3 Å². The maximum absolute atomic E-state index is 12.1. The molecule has 2 aromatic rings. The lowest BCUT2D eigenvalue weighted by molar-refractivity contribution is 0.159. The molecular weight excluding hydrogens is 346 g/mol. The van der Waals surface area contributed by atoms with Crippen LogP contribution in [-0.4, -0.2) is 64.0 Å². The number of nitrogens with zero attached hydrogens (tertiary/aromatic N) is 4. The molecule has 1 aromatic heterocycles. The Morgan fingerprint density at radius 3 is 2.56 bits per heavy atom. The number of benzene rings is 1. The Morgan fingerprint density at radius 1 is 1.20 bits per heavy atom. The molecule has 3 rings (SSSR count). The zero-order valence-corrected chi connectivity index (χ0v) is 14.4. The average molecular weight is 364 g/mol. The minimum Gasteiger partial charge on any atom is -0.493 e. The summed E-state index contributed by atoms with van der Waals surface area (Å²) in [5.74, 6) is -0.500. The molecule has 0 bridgehead atoms. The summed E-state index contributed by atoms with van der Waals surface area (Å²) < 4.78 is 0.953. The van der Waals surface area contributed by atoms with Crippen molar-refractivity contribution in [1.82, 2.24) is 19.5 Å². The van der Waals surface area contributed by atoms with Crippen LogP contribution in [0.25, 0.3) is 5.69 Å². The van der Waals surface area contributed by atoms with Crippen molar-refractivity contribution in [2.45, 2.75) is 0 Å². The Labute approximate surface area is 148 Å². The van der Waals surface area contributed by atoms with Gasteiger partial charge < -0.3 is 10.0 Å².